The van der Waals surface area contributed by atoms with Crippen LogP contribution in [0.4, 0.5) is 10.2 Å². The van der Waals surface area contributed by atoms with Gasteiger partial charge in [-0.3, -0.25) is 14.5 Å². The zero-order valence-corrected chi connectivity index (χ0v) is 18.5. The minimum absolute atomic E-state index is 0.0349. The van der Waals surface area contributed by atoms with Gasteiger partial charge in [0.1, 0.15) is 11.6 Å². The van der Waals surface area contributed by atoms with Crippen LogP contribution in [-0.2, 0) is 17.6 Å². The van der Waals surface area contributed by atoms with Crippen molar-refractivity contribution in [3.8, 4) is 0 Å². The molecule has 2 aliphatic rings. The van der Waals surface area contributed by atoms with E-state index in [1.54, 1.807) is 23.1 Å². The molecule has 5 rings (SSSR count). The predicted molar refractivity (Wildman–Crippen MR) is 122 cm³/mol. The zero-order chi connectivity index (χ0) is 22.9. The van der Waals surface area contributed by atoms with Crippen LogP contribution in [0, 0.1) is 12.7 Å². The smallest absolute Gasteiger partial charge is 0.254 e. The van der Waals surface area contributed by atoms with Gasteiger partial charge in [0.2, 0.25) is 5.91 Å². The molecule has 0 spiro atoms. The lowest BCUT2D eigenvalue weighted by Crippen LogP contribution is -2.32. The fourth-order valence-electron chi connectivity index (χ4n) is 4.73. The maximum Gasteiger partial charge on any atom is 0.254 e. The van der Waals surface area contributed by atoms with E-state index in [9.17, 15) is 14.0 Å². The molecule has 168 valence electrons. The lowest BCUT2D eigenvalue weighted by Gasteiger charge is -2.25. The molecule has 1 saturated heterocycles. The highest BCUT2D eigenvalue weighted by atomic mass is 19.1. The SMILES string of the molecule is Cc1nc(C2CCCN2C(=O)c2ccccc2)nc2c1CC(=O)N2CCc1ccccc1F. The van der Waals surface area contributed by atoms with Crippen LogP contribution in [0.15, 0.2) is 54.6 Å². The Morgan fingerprint density at radius 2 is 1.85 bits per heavy atom. The van der Waals surface area contributed by atoms with Crippen LogP contribution in [0.25, 0.3) is 0 Å². The van der Waals surface area contributed by atoms with Crippen LogP contribution in [0.5, 0.6) is 0 Å². The van der Waals surface area contributed by atoms with Crippen molar-refractivity contribution >= 4 is 17.6 Å². The third-order valence-electron chi connectivity index (χ3n) is 6.49. The summed E-state index contributed by atoms with van der Waals surface area (Å²) in [4.78, 5) is 38.9. The molecule has 2 aromatic carbocycles. The van der Waals surface area contributed by atoms with Gasteiger partial charge in [0.15, 0.2) is 5.82 Å². The number of halogens is 1. The Bertz CT molecular complexity index is 1210. The molecule has 7 heteroatoms. The maximum absolute atomic E-state index is 14.1. The molecule has 0 saturated carbocycles. The topological polar surface area (TPSA) is 66.4 Å². The van der Waals surface area contributed by atoms with Gasteiger partial charge in [-0.15, -0.1) is 0 Å². The average Bonchev–Trinajstić information content (AvgIpc) is 3.43. The third kappa shape index (κ3) is 3.99. The van der Waals surface area contributed by atoms with Gasteiger partial charge in [0.05, 0.1) is 12.5 Å². The number of aryl methyl sites for hydroxylation is 1. The first kappa shape index (κ1) is 21.2. The Hall–Kier alpha value is -3.61. The number of likely N-dealkylation sites (tertiary alicyclic amines) is 1. The van der Waals surface area contributed by atoms with Crippen molar-refractivity contribution in [2.45, 2.75) is 38.6 Å². The van der Waals surface area contributed by atoms with Gasteiger partial charge >= 0.3 is 0 Å². The van der Waals surface area contributed by atoms with Gasteiger partial charge in [-0.1, -0.05) is 36.4 Å². The second-order valence-corrected chi connectivity index (χ2v) is 8.56. The van der Waals surface area contributed by atoms with Gasteiger partial charge in [-0.05, 0) is 49.9 Å². The van der Waals surface area contributed by atoms with Crippen molar-refractivity contribution in [2.24, 2.45) is 0 Å². The van der Waals surface area contributed by atoms with Crippen LogP contribution in [0.2, 0.25) is 0 Å². The molecule has 0 radical (unpaired) electrons. The highest BCUT2D eigenvalue weighted by molar-refractivity contribution is 6.00. The molecule has 0 aliphatic carbocycles. The number of hydrogen-bond acceptors (Lipinski definition) is 4. The van der Waals surface area contributed by atoms with E-state index in [4.69, 9.17) is 9.97 Å². The number of carbonyl (C=O) groups excluding carboxylic acids is 2. The second kappa shape index (κ2) is 8.73. The van der Waals surface area contributed by atoms with Crippen LogP contribution in [0.3, 0.4) is 0 Å². The second-order valence-electron chi connectivity index (χ2n) is 8.56. The summed E-state index contributed by atoms with van der Waals surface area (Å²) in [6.07, 6.45) is 2.30. The number of anilines is 1. The van der Waals surface area contributed by atoms with Crippen LogP contribution < -0.4 is 4.90 Å². The zero-order valence-electron chi connectivity index (χ0n) is 18.5. The molecule has 1 atom stereocenters. The van der Waals surface area contributed by atoms with Gasteiger partial charge in [0.25, 0.3) is 5.91 Å². The number of aromatic nitrogens is 2. The summed E-state index contributed by atoms with van der Waals surface area (Å²) in [7, 11) is 0. The van der Waals surface area contributed by atoms with E-state index in [1.807, 2.05) is 42.2 Å². The van der Waals surface area contributed by atoms with Crippen LogP contribution in [-0.4, -0.2) is 39.8 Å². The molecule has 2 amide bonds. The summed E-state index contributed by atoms with van der Waals surface area (Å²) in [5.41, 5.74) is 2.79. The molecule has 1 aromatic heterocycles. The number of amides is 2. The monoisotopic (exact) mass is 444 g/mol. The number of carbonyl (C=O) groups is 2. The van der Waals surface area contributed by atoms with Crippen molar-refractivity contribution in [1.29, 1.82) is 0 Å². The van der Waals surface area contributed by atoms with Crippen molar-refractivity contribution in [2.75, 3.05) is 18.0 Å². The first-order valence-electron chi connectivity index (χ1n) is 11.3. The molecule has 0 bridgehead atoms. The van der Waals surface area contributed by atoms with Gasteiger partial charge in [0, 0.05) is 29.9 Å². The Morgan fingerprint density at radius 3 is 2.64 bits per heavy atom. The van der Waals surface area contributed by atoms with E-state index in [-0.39, 0.29) is 30.1 Å². The molecular weight excluding hydrogens is 419 g/mol. The normalized spacial score (nSPS) is 17.5. The van der Waals surface area contributed by atoms with Crippen molar-refractivity contribution < 1.29 is 14.0 Å². The first-order valence-corrected chi connectivity index (χ1v) is 11.3. The number of benzene rings is 2. The summed E-state index contributed by atoms with van der Waals surface area (Å²) in [6.45, 7) is 2.88. The van der Waals surface area contributed by atoms with E-state index in [1.165, 1.54) is 6.07 Å². The first-order chi connectivity index (χ1) is 16.0. The minimum atomic E-state index is -0.273. The average molecular weight is 445 g/mol. The van der Waals surface area contributed by atoms with Crippen molar-refractivity contribution in [1.82, 2.24) is 14.9 Å². The van der Waals surface area contributed by atoms with E-state index in [0.717, 1.165) is 24.1 Å². The molecule has 0 N–H and O–H groups in total. The number of nitrogens with zero attached hydrogens (tertiary/aromatic N) is 4. The van der Waals surface area contributed by atoms with Gasteiger partial charge in [-0.25, -0.2) is 14.4 Å². The van der Waals surface area contributed by atoms with Crippen LogP contribution in [0.1, 0.15) is 51.9 Å². The lowest BCUT2D eigenvalue weighted by atomic mass is 10.1. The molecule has 2 aliphatic heterocycles. The van der Waals surface area contributed by atoms with E-state index in [2.05, 4.69) is 0 Å². The fraction of sp³-hybridized carbons (Fsp3) is 0.308. The molecular formula is C26H25FN4O2. The van der Waals surface area contributed by atoms with E-state index in [0.29, 0.717) is 42.3 Å². The quantitative estimate of drug-likeness (QED) is 0.596. The van der Waals surface area contributed by atoms with Gasteiger partial charge < -0.3 is 4.90 Å². The Morgan fingerprint density at radius 1 is 1.09 bits per heavy atom. The van der Waals surface area contributed by atoms with Crippen molar-refractivity contribution in [3.63, 3.8) is 0 Å². The molecule has 3 heterocycles. The molecule has 3 aromatic rings. The summed E-state index contributed by atoms with van der Waals surface area (Å²) in [5.74, 6) is 0.799. The third-order valence-corrected chi connectivity index (χ3v) is 6.49. The molecule has 1 fully saturated rings. The summed E-state index contributed by atoms with van der Waals surface area (Å²) in [5, 5.41) is 0. The summed E-state index contributed by atoms with van der Waals surface area (Å²) < 4.78 is 14.1. The highest BCUT2D eigenvalue weighted by Crippen LogP contribution is 2.35. The largest absolute Gasteiger partial charge is 0.328 e. The molecule has 1 unspecified atom stereocenters. The minimum Gasteiger partial charge on any atom is -0.328 e. The summed E-state index contributed by atoms with van der Waals surface area (Å²) >= 11 is 0. The standard InChI is InChI=1S/C26H25FN4O2/c1-17-20-16-23(32)31(15-13-18-8-5-6-11-21(18)27)25(20)29-24(28-17)22-12-7-14-30(22)26(33)19-9-3-2-4-10-19/h2-6,8-11,22H,7,12-16H2,1H3. The summed E-state index contributed by atoms with van der Waals surface area (Å²) in [6, 6.07) is 15.6. The van der Waals surface area contributed by atoms with Crippen LogP contribution >= 0.6 is 0 Å². The Balaban J connectivity index is 1.43. The lowest BCUT2D eigenvalue weighted by molar-refractivity contribution is -0.117. The fourth-order valence-corrected chi connectivity index (χ4v) is 4.73. The van der Waals surface area contributed by atoms with Crippen molar-refractivity contribution in [3.05, 3.63) is 88.6 Å². The Kier molecular flexibility index (Phi) is 5.62. The van der Waals surface area contributed by atoms with Gasteiger partial charge in [-0.2, -0.15) is 0 Å². The Labute approximate surface area is 192 Å². The highest BCUT2D eigenvalue weighted by Gasteiger charge is 2.36. The maximum atomic E-state index is 14.1. The number of rotatable bonds is 5. The number of fused-ring (bicyclic) bond motifs is 1. The van der Waals surface area contributed by atoms with E-state index >= 15 is 0 Å². The predicted octanol–water partition coefficient (Wildman–Crippen LogP) is 4.03. The molecule has 33 heavy (non-hydrogen) atoms. The number of hydrogen-bond donors (Lipinski definition) is 0. The van der Waals surface area contributed by atoms with E-state index < -0.39 is 0 Å². The molecule has 6 nitrogen and oxygen atoms in total.